The van der Waals surface area contributed by atoms with E-state index >= 15 is 0 Å². The van der Waals surface area contributed by atoms with E-state index in [1.165, 1.54) is 17.8 Å². The molecule has 3 rings (SSSR count). The van der Waals surface area contributed by atoms with Gasteiger partial charge in [0.05, 0.1) is 17.4 Å². The summed E-state index contributed by atoms with van der Waals surface area (Å²) in [6.45, 7) is 3.82. The number of halogens is 1. The fourth-order valence-corrected chi connectivity index (χ4v) is 2.97. The summed E-state index contributed by atoms with van der Waals surface area (Å²) in [5.74, 6) is -0.402. The smallest absolute Gasteiger partial charge is 0.126 e. The number of rotatable bonds is 2. The molecule has 0 radical (unpaired) electrons. The van der Waals surface area contributed by atoms with Gasteiger partial charge in [-0.1, -0.05) is 18.2 Å². The number of anilines is 2. The van der Waals surface area contributed by atoms with Gasteiger partial charge in [0, 0.05) is 31.8 Å². The zero-order chi connectivity index (χ0) is 15.0. The zero-order valence-corrected chi connectivity index (χ0v) is 12.3. The average Bonchev–Trinajstić information content (AvgIpc) is 2.47. The molecule has 0 fully saturated rings. The van der Waals surface area contributed by atoms with Crippen LogP contribution in [0.5, 0.6) is 5.75 Å². The van der Waals surface area contributed by atoms with Gasteiger partial charge in [0.2, 0.25) is 0 Å². The number of para-hydroxylation sites is 2. The number of fused-ring (bicyclic) bond motifs is 1. The standard InChI is InChI=1S/C17H19FN2O/c1-12(14-8-7-13(18)11-17(14)21)20-10-9-19(2)15-5-3-4-6-16(15)20/h3-8,11-12,21H,9-10H2,1-2H3. The molecular weight excluding hydrogens is 267 g/mol. The molecule has 0 bridgehead atoms. The summed E-state index contributed by atoms with van der Waals surface area (Å²) in [4.78, 5) is 4.48. The number of hydrogen-bond acceptors (Lipinski definition) is 3. The van der Waals surface area contributed by atoms with E-state index in [4.69, 9.17) is 0 Å². The van der Waals surface area contributed by atoms with Crippen molar-refractivity contribution in [3.05, 3.63) is 53.8 Å². The first-order chi connectivity index (χ1) is 10.1. The van der Waals surface area contributed by atoms with Gasteiger partial charge in [-0.05, 0) is 25.1 Å². The Labute approximate surface area is 124 Å². The highest BCUT2D eigenvalue weighted by Gasteiger charge is 2.25. The Kier molecular flexibility index (Phi) is 3.45. The molecule has 1 heterocycles. The van der Waals surface area contributed by atoms with Gasteiger partial charge in [-0.2, -0.15) is 0 Å². The van der Waals surface area contributed by atoms with Crippen molar-refractivity contribution in [2.24, 2.45) is 0 Å². The van der Waals surface area contributed by atoms with Crippen LogP contribution in [0, 0.1) is 5.82 Å². The lowest BCUT2D eigenvalue weighted by molar-refractivity contribution is 0.454. The number of aromatic hydroxyl groups is 1. The third-order valence-corrected chi connectivity index (χ3v) is 4.19. The molecule has 1 aliphatic heterocycles. The van der Waals surface area contributed by atoms with Crippen LogP contribution in [0.2, 0.25) is 0 Å². The van der Waals surface area contributed by atoms with Crippen molar-refractivity contribution in [3.8, 4) is 5.75 Å². The highest BCUT2D eigenvalue weighted by Crippen LogP contribution is 2.39. The Morgan fingerprint density at radius 2 is 1.81 bits per heavy atom. The normalized spacial score (nSPS) is 15.8. The van der Waals surface area contributed by atoms with Gasteiger partial charge in [-0.15, -0.1) is 0 Å². The van der Waals surface area contributed by atoms with E-state index in [1.54, 1.807) is 6.07 Å². The molecule has 3 nitrogen and oxygen atoms in total. The number of phenols is 1. The van der Waals surface area contributed by atoms with Crippen molar-refractivity contribution >= 4 is 11.4 Å². The first kappa shape index (κ1) is 13.7. The van der Waals surface area contributed by atoms with E-state index in [2.05, 4.69) is 29.0 Å². The molecule has 21 heavy (non-hydrogen) atoms. The Morgan fingerprint density at radius 1 is 1.10 bits per heavy atom. The van der Waals surface area contributed by atoms with Crippen LogP contribution in [0.1, 0.15) is 18.5 Å². The van der Waals surface area contributed by atoms with Crippen LogP contribution >= 0.6 is 0 Å². The maximum Gasteiger partial charge on any atom is 0.126 e. The van der Waals surface area contributed by atoms with Gasteiger partial charge < -0.3 is 14.9 Å². The van der Waals surface area contributed by atoms with Crippen LogP contribution in [-0.4, -0.2) is 25.2 Å². The lowest BCUT2D eigenvalue weighted by Gasteiger charge is -2.40. The summed E-state index contributed by atoms with van der Waals surface area (Å²) in [7, 11) is 2.08. The fraction of sp³-hybridized carbons (Fsp3) is 0.294. The third-order valence-electron chi connectivity index (χ3n) is 4.19. The highest BCUT2D eigenvalue weighted by atomic mass is 19.1. The van der Waals surface area contributed by atoms with Crippen LogP contribution < -0.4 is 9.80 Å². The van der Waals surface area contributed by atoms with Crippen LogP contribution in [0.25, 0.3) is 0 Å². The van der Waals surface area contributed by atoms with E-state index in [-0.39, 0.29) is 11.8 Å². The molecule has 0 spiro atoms. The predicted octanol–water partition coefficient (Wildman–Crippen LogP) is 3.55. The second kappa shape index (κ2) is 5.28. The van der Waals surface area contributed by atoms with E-state index in [1.807, 2.05) is 19.1 Å². The predicted molar refractivity (Wildman–Crippen MR) is 83.5 cm³/mol. The number of benzene rings is 2. The molecule has 110 valence electrons. The number of likely N-dealkylation sites (N-methyl/N-ethyl adjacent to an activating group) is 1. The molecule has 0 saturated heterocycles. The monoisotopic (exact) mass is 286 g/mol. The van der Waals surface area contributed by atoms with Crippen molar-refractivity contribution < 1.29 is 9.50 Å². The number of phenolic OH excluding ortho intramolecular Hbond substituents is 1. The molecule has 4 heteroatoms. The van der Waals surface area contributed by atoms with Crippen LogP contribution in [-0.2, 0) is 0 Å². The summed E-state index contributed by atoms with van der Waals surface area (Å²) in [5.41, 5.74) is 3.07. The maximum absolute atomic E-state index is 13.2. The second-order valence-electron chi connectivity index (χ2n) is 5.48. The van der Waals surface area contributed by atoms with E-state index in [9.17, 15) is 9.50 Å². The Bertz CT molecular complexity index is 659. The minimum absolute atomic E-state index is 0.0129. The van der Waals surface area contributed by atoms with Crippen LogP contribution in [0.15, 0.2) is 42.5 Å². The number of hydrogen-bond donors (Lipinski definition) is 1. The van der Waals surface area contributed by atoms with Gasteiger partial charge in [-0.3, -0.25) is 0 Å². The highest BCUT2D eigenvalue weighted by molar-refractivity contribution is 5.73. The number of nitrogens with zero attached hydrogens (tertiary/aromatic N) is 2. The first-order valence-corrected chi connectivity index (χ1v) is 7.13. The summed E-state index contributed by atoms with van der Waals surface area (Å²) in [6.07, 6.45) is 0. The van der Waals surface area contributed by atoms with Crippen molar-refractivity contribution in [2.45, 2.75) is 13.0 Å². The molecule has 0 aliphatic carbocycles. The van der Waals surface area contributed by atoms with E-state index in [0.717, 1.165) is 24.3 Å². The maximum atomic E-state index is 13.2. The van der Waals surface area contributed by atoms with E-state index in [0.29, 0.717) is 0 Å². The Morgan fingerprint density at radius 3 is 2.52 bits per heavy atom. The SMILES string of the molecule is CC(c1ccc(F)cc1O)N1CCN(C)c2ccccc21. The summed E-state index contributed by atoms with van der Waals surface area (Å²) in [5, 5.41) is 10.0. The molecule has 1 N–H and O–H groups in total. The summed E-state index contributed by atoms with van der Waals surface area (Å²) < 4.78 is 13.2. The average molecular weight is 286 g/mol. The van der Waals surface area contributed by atoms with Gasteiger partial charge in [0.25, 0.3) is 0 Å². The molecule has 0 aromatic heterocycles. The van der Waals surface area contributed by atoms with Gasteiger partial charge in [0.1, 0.15) is 11.6 Å². The molecule has 2 aromatic rings. The largest absolute Gasteiger partial charge is 0.507 e. The van der Waals surface area contributed by atoms with Crippen LogP contribution in [0.3, 0.4) is 0 Å². The van der Waals surface area contributed by atoms with Gasteiger partial charge in [-0.25, -0.2) is 4.39 Å². The van der Waals surface area contributed by atoms with Gasteiger partial charge in [0.15, 0.2) is 0 Å². The summed E-state index contributed by atoms with van der Waals surface area (Å²) in [6, 6.07) is 12.4. The lowest BCUT2D eigenvalue weighted by atomic mass is 10.0. The van der Waals surface area contributed by atoms with Crippen molar-refractivity contribution in [1.29, 1.82) is 0 Å². The second-order valence-corrected chi connectivity index (χ2v) is 5.48. The topological polar surface area (TPSA) is 26.7 Å². The molecule has 0 amide bonds. The van der Waals surface area contributed by atoms with Crippen molar-refractivity contribution in [3.63, 3.8) is 0 Å². The van der Waals surface area contributed by atoms with Gasteiger partial charge >= 0.3 is 0 Å². The quantitative estimate of drug-likeness (QED) is 0.914. The minimum atomic E-state index is -0.415. The molecular formula is C17H19FN2O. The first-order valence-electron chi connectivity index (χ1n) is 7.13. The molecule has 0 saturated carbocycles. The molecule has 2 aromatic carbocycles. The summed E-state index contributed by atoms with van der Waals surface area (Å²) >= 11 is 0. The van der Waals surface area contributed by atoms with Crippen LogP contribution in [0.4, 0.5) is 15.8 Å². The minimum Gasteiger partial charge on any atom is -0.507 e. The van der Waals surface area contributed by atoms with E-state index < -0.39 is 5.82 Å². The Balaban J connectivity index is 1.99. The van der Waals surface area contributed by atoms with Crippen molar-refractivity contribution in [1.82, 2.24) is 0 Å². The Hall–Kier alpha value is -2.23. The zero-order valence-electron chi connectivity index (χ0n) is 12.3. The van der Waals surface area contributed by atoms with Crippen molar-refractivity contribution in [2.75, 3.05) is 29.9 Å². The molecule has 1 aliphatic rings. The lowest BCUT2D eigenvalue weighted by Crippen LogP contribution is -2.40. The molecule has 1 unspecified atom stereocenters. The molecule has 1 atom stereocenters. The fourth-order valence-electron chi connectivity index (χ4n) is 2.97. The third kappa shape index (κ3) is 2.42.